The highest BCUT2D eigenvalue weighted by molar-refractivity contribution is 5.88. The first-order valence-electron chi connectivity index (χ1n) is 12.1. The summed E-state index contributed by atoms with van der Waals surface area (Å²) in [5.74, 6) is 0.407. The Labute approximate surface area is 198 Å². The summed E-state index contributed by atoms with van der Waals surface area (Å²) in [5.41, 5.74) is 1.89. The van der Waals surface area contributed by atoms with Gasteiger partial charge in [0.05, 0.1) is 18.0 Å². The number of nitrogens with zero attached hydrogens (tertiary/aromatic N) is 2. The van der Waals surface area contributed by atoms with E-state index in [4.69, 9.17) is 19.2 Å². The first-order valence-corrected chi connectivity index (χ1v) is 12.1. The van der Waals surface area contributed by atoms with Crippen molar-refractivity contribution in [3.05, 3.63) is 39.3 Å². The van der Waals surface area contributed by atoms with Crippen molar-refractivity contribution in [2.75, 3.05) is 20.3 Å². The molecule has 2 aromatic heterocycles. The summed E-state index contributed by atoms with van der Waals surface area (Å²) in [6.45, 7) is 7.28. The van der Waals surface area contributed by atoms with Gasteiger partial charge in [0, 0.05) is 49.1 Å². The first kappa shape index (κ1) is 22.9. The predicted octanol–water partition coefficient (Wildman–Crippen LogP) is 4.72. The smallest absolute Gasteiger partial charge is 0.341 e. The molecule has 2 saturated carbocycles. The summed E-state index contributed by atoms with van der Waals surface area (Å²) in [6, 6.07) is 3.41. The van der Waals surface area contributed by atoms with Crippen molar-refractivity contribution in [3.63, 3.8) is 0 Å². The maximum atomic E-state index is 13.3. The number of carboxylic acid groups (broad SMARTS) is 1. The summed E-state index contributed by atoms with van der Waals surface area (Å²) >= 11 is 0. The minimum Gasteiger partial charge on any atom is -0.491 e. The van der Waals surface area contributed by atoms with Crippen LogP contribution in [0.4, 0.5) is 0 Å². The number of aromatic carboxylic acids is 1. The quantitative estimate of drug-likeness (QED) is 0.560. The van der Waals surface area contributed by atoms with E-state index in [-0.39, 0.29) is 17.0 Å². The average Bonchev–Trinajstić information content (AvgIpc) is 3.67. The molecule has 34 heavy (non-hydrogen) atoms. The lowest BCUT2D eigenvalue weighted by Gasteiger charge is -2.38. The van der Waals surface area contributed by atoms with E-state index in [1.54, 1.807) is 11.7 Å². The van der Waals surface area contributed by atoms with Gasteiger partial charge in [0.15, 0.2) is 5.75 Å². The van der Waals surface area contributed by atoms with E-state index in [0.29, 0.717) is 41.8 Å². The molecule has 1 atom stereocenters. The zero-order chi connectivity index (χ0) is 24.2. The van der Waals surface area contributed by atoms with Gasteiger partial charge in [0.25, 0.3) is 5.56 Å². The number of aromatic nitrogens is 2. The number of ether oxygens (including phenoxy) is 3. The molecule has 0 amide bonds. The Bertz CT molecular complexity index is 1190. The highest BCUT2D eigenvalue weighted by atomic mass is 16.5. The van der Waals surface area contributed by atoms with E-state index in [1.165, 1.54) is 6.07 Å². The molecule has 0 unspecified atom stereocenters. The van der Waals surface area contributed by atoms with E-state index in [9.17, 15) is 14.7 Å². The zero-order valence-electron chi connectivity index (χ0n) is 20.2. The Hall–Kier alpha value is -2.87. The van der Waals surface area contributed by atoms with Crippen LogP contribution in [0.1, 0.15) is 92.6 Å². The normalized spacial score (nSPS) is 19.2. The Kier molecular flexibility index (Phi) is 5.67. The van der Waals surface area contributed by atoms with E-state index >= 15 is 0 Å². The lowest BCUT2D eigenvalue weighted by Crippen LogP contribution is -2.34. The molecule has 0 aromatic carbocycles. The van der Waals surface area contributed by atoms with Gasteiger partial charge in [0.1, 0.15) is 23.1 Å². The molecule has 2 aromatic rings. The predicted molar refractivity (Wildman–Crippen MR) is 126 cm³/mol. The Balaban J connectivity index is 1.71. The Morgan fingerprint density at radius 1 is 1.21 bits per heavy atom. The third kappa shape index (κ3) is 4.08. The maximum Gasteiger partial charge on any atom is 0.341 e. The Morgan fingerprint density at radius 2 is 1.94 bits per heavy atom. The second-order valence-electron chi connectivity index (χ2n) is 10.6. The second kappa shape index (κ2) is 8.41. The summed E-state index contributed by atoms with van der Waals surface area (Å²) in [7, 11) is 1.67. The summed E-state index contributed by atoms with van der Waals surface area (Å²) in [6.07, 6.45) is 4.13. The SMILES string of the molecule is COCCCOc1cc2c(nc1C1CC1)-c1c(cc(C(=O)O)c(=O)n1C1CC1)[C@@H](C(C)(C)C)O2. The monoisotopic (exact) mass is 468 g/mol. The van der Waals surface area contributed by atoms with E-state index in [0.717, 1.165) is 43.5 Å². The molecule has 1 aliphatic heterocycles. The van der Waals surface area contributed by atoms with Crippen LogP contribution in [0.2, 0.25) is 0 Å². The summed E-state index contributed by atoms with van der Waals surface area (Å²) in [5, 5.41) is 9.77. The van der Waals surface area contributed by atoms with Crippen molar-refractivity contribution in [1.29, 1.82) is 0 Å². The molecule has 0 saturated heterocycles. The van der Waals surface area contributed by atoms with Gasteiger partial charge >= 0.3 is 5.97 Å². The third-order valence-corrected chi connectivity index (χ3v) is 6.64. The number of hydrogen-bond donors (Lipinski definition) is 1. The van der Waals surface area contributed by atoms with E-state index in [2.05, 4.69) is 0 Å². The van der Waals surface area contributed by atoms with Crippen LogP contribution in [0.3, 0.4) is 0 Å². The van der Waals surface area contributed by atoms with Crippen molar-refractivity contribution < 1.29 is 24.1 Å². The van der Waals surface area contributed by atoms with E-state index in [1.807, 2.05) is 26.8 Å². The molecule has 3 aliphatic rings. The fourth-order valence-corrected chi connectivity index (χ4v) is 4.68. The summed E-state index contributed by atoms with van der Waals surface area (Å²) in [4.78, 5) is 30.3. The van der Waals surface area contributed by atoms with Crippen LogP contribution in [0.5, 0.6) is 11.5 Å². The van der Waals surface area contributed by atoms with Gasteiger partial charge in [-0.1, -0.05) is 20.8 Å². The van der Waals surface area contributed by atoms with Gasteiger partial charge in [0.2, 0.25) is 0 Å². The number of carboxylic acids is 1. The van der Waals surface area contributed by atoms with Crippen LogP contribution < -0.4 is 15.0 Å². The first-order chi connectivity index (χ1) is 16.2. The topological polar surface area (TPSA) is 99.9 Å². The van der Waals surface area contributed by atoms with Crippen LogP contribution in [-0.4, -0.2) is 41.0 Å². The van der Waals surface area contributed by atoms with Crippen LogP contribution in [-0.2, 0) is 4.74 Å². The standard InChI is InChI=1S/C26H32N2O6/c1-26(2,3)23-16-12-17(25(30)31)24(29)28(15-8-9-15)22(16)21-19(34-23)13-18(33-11-5-10-32-4)20(27-21)14-6-7-14/h12-15,23H,5-11H2,1-4H3,(H,30,31)/t23-/m0/s1. The average molecular weight is 469 g/mol. The van der Waals surface area contributed by atoms with Crippen molar-refractivity contribution in [1.82, 2.24) is 9.55 Å². The second-order valence-corrected chi connectivity index (χ2v) is 10.6. The molecular formula is C26H32N2O6. The molecule has 0 radical (unpaired) electrons. The minimum absolute atomic E-state index is 0.0109. The molecule has 2 fully saturated rings. The maximum absolute atomic E-state index is 13.3. The largest absolute Gasteiger partial charge is 0.491 e. The lowest BCUT2D eigenvalue weighted by atomic mass is 9.81. The fraction of sp³-hybridized carbons (Fsp3) is 0.577. The molecule has 0 bridgehead atoms. The van der Waals surface area contributed by atoms with Gasteiger partial charge in [-0.05, 0) is 31.7 Å². The van der Waals surface area contributed by atoms with Crippen LogP contribution in [0.15, 0.2) is 16.9 Å². The highest BCUT2D eigenvalue weighted by Crippen LogP contribution is 2.53. The number of hydrogen-bond acceptors (Lipinski definition) is 6. The number of carbonyl (C=O) groups is 1. The van der Waals surface area contributed by atoms with Gasteiger partial charge in [-0.25, -0.2) is 9.78 Å². The summed E-state index contributed by atoms with van der Waals surface area (Å²) < 4.78 is 19.4. The van der Waals surface area contributed by atoms with Gasteiger partial charge < -0.3 is 23.9 Å². The molecule has 8 nitrogen and oxygen atoms in total. The lowest BCUT2D eigenvalue weighted by molar-refractivity contribution is 0.0688. The molecule has 0 spiro atoms. The number of fused-ring (bicyclic) bond motifs is 3. The van der Waals surface area contributed by atoms with Crippen LogP contribution in [0.25, 0.3) is 11.4 Å². The number of pyridine rings is 2. The van der Waals surface area contributed by atoms with Crippen LogP contribution >= 0.6 is 0 Å². The highest BCUT2D eigenvalue weighted by Gasteiger charge is 2.42. The number of rotatable bonds is 8. The van der Waals surface area contributed by atoms with Crippen molar-refractivity contribution >= 4 is 5.97 Å². The number of methoxy groups -OCH3 is 1. The molecule has 5 rings (SSSR count). The van der Waals surface area contributed by atoms with Crippen molar-refractivity contribution in [3.8, 4) is 22.9 Å². The molecule has 182 valence electrons. The van der Waals surface area contributed by atoms with Crippen molar-refractivity contribution in [2.24, 2.45) is 5.41 Å². The third-order valence-electron chi connectivity index (χ3n) is 6.64. The molecular weight excluding hydrogens is 436 g/mol. The van der Waals surface area contributed by atoms with E-state index < -0.39 is 17.6 Å². The van der Waals surface area contributed by atoms with Gasteiger partial charge in [-0.2, -0.15) is 0 Å². The molecule has 3 heterocycles. The molecule has 8 heteroatoms. The van der Waals surface area contributed by atoms with Gasteiger partial charge in [-0.15, -0.1) is 0 Å². The zero-order valence-corrected chi connectivity index (χ0v) is 20.2. The van der Waals surface area contributed by atoms with Gasteiger partial charge in [-0.3, -0.25) is 4.79 Å². The fourth-order valence-electron chi connectivity index (χ4n) is 4.68. The molecule has 2 aliphatic carbocycles. The Morgan fingerprint density at radius 3 is 2.53 bits per heavy atom. The molecule has 1 N–H and O–H groups in total. The van der Waals surface area contributed by atoms with Crippen molar-refractivity contribution in [2.45, 2.75) is 70.9 Å². The van der Waals surface area contributed by atoms with Crippen LogP contribution in [0, 0.1) is 5.41 Å². The minimum atomic E-state index is -1.22.